The van der Waals surface area contributed by atoms with Crippen LogP contribution >= 0.6 is 0 Å². The van der Waals surface area contributed by atoms with Gasteiger partial charge in [0, 0.05) is 13.1 Å². The quantitative estimate of drug-likeness (QED) is 0.701. The Morgan fingerprint density at radius 3 is 2.10 bits per heavy atom. The Morgan fingerprint density at radius 2 is 1.52 bits per heavy atom. The molecule has 31 heavy (non-hydrogen) atoms. The van der Waals surface area contributed by atoms with Gasteiger partial charge in [0.2, 0.25) is 0 Å². The number of rotatable bonds is 7. The third-order valence-electron chi connectivity index (χ3n) is 5.11. The molecule has 3 rings (SSSR count). The molecule has 0 bridgehead atoms. The Hall–Kier alpha value is -3.55. The van der Waals surface area contributed by atoms with E-state index in [0.717, 1.165) is 11.1 Å². The van der Waals surface area contributed by atoms with Crippen molar-refractivity contribution in [2.24, 2.45) is 0 Å². The molecule has 1 aliphatic rings. The number of nitrogens with one attached hydrogen (secondary N) is 1. The Labute approximate surface area is 180 Å². The lowest BCUT2D eigenvalue weighted by molar-refractivity contribution is -0.139. The molecular weight excluding hydrogens is 400 g/mol. The van der Waals surface area contributed by atoms with Gasteiger partial charge in [-0.05, 0) is 24.0 Å². The zero-order valence-electron chi connectivity index (χ0n) is 17.2. The van der Waals surface area contributed by atoms with Crippen molar-refractivity contribution in [3.05, 3.63) is 71.8 Å². The van der Waals surface area contributed by atoms with E-state index in [4.69, 9.17) is 9.47 Å². The number of likely N-dealkylation sites (tertiary alicyclic amines) is 1. The molecule has 1 heterocycles. The van der Waals surface area contributed by atoms with Crippen molar-refractivity contribution in [1.82, 2.24) is 10.2 Å². The molecule has 2 aromatic rings. The monoisotopic (exact) mass is 426 g/mol. The average Bonchev–Trinajstić information content (AvgIpc) is 2.77. The van der Waals surface area contributed by atoms with E-state index >= 15 is 0 Å². The summed E-state index contributed by atoms with van der Waals surface area (Å²) in [5, 5.41) is 12.1. The summed E-state index contributed by atoms with van der Waals surface area (Å²) in [5.41, 5.74) is 0.552. The zero-order valence-corrected chi connectivity index (χ0v) is 17.2. The highest BCUT2D eigenvalue weighted by molar-refractivity contribution is 5.74. The third kappa shape index (κ3) is 6.74. The van der Waals surface area contributed by atoms with Crippen molar-refractivity contribution in [2.75, 3.05) is 13.1 Å². The van der Waals surface area contributed by atoms with E-state index < -0.39 is 23.7 Å². The van der Waals surface area contributed by atoms with E-state index in [1.807, 2.05) is 60.7 Å². The van der Waals surface area contributed by atoms with Crippen molar-refractivity contribution in [3.8, 4) is 0 Å². The number of piperidine rings is 1. The number of amides is 2. The molecule has 0 saturated carbocycles. The van der Waals surface area contributed by atoms with Crippen molar-refractivity contribution < 1.29 is 29.0 Å². The summed E-state index contributed by atoms with van der Waals surface area (Å²) in [7, 11) is 0. The number of aliphatic carboxylic acids is 1. The first kappa shape index (κ1) is 22.1. The number of ether oxygens (including phenoxy) is 2. The highest BCUT2D eigenvalue weighted by Gasteiger charge is 2.41. The van der Waals surface area contributed by atoms with Gasteiger partial charge in [0.1, 0.15) is 13.2 Å². The summed E-state index contributed by atoms with van der Waals surface area (Å²) < 4.78 is 10.6. The standard InChI is InChI=1S/C23H26N2O6/c26-20(27)14-23(24-21(28)30-15-18-8-3-1-4-9-18)12-7-13-25(17-23)22(29)31-16-19-10-5-2-6-11-19/h1-6,8-11H,7,12-17H2,(H,24,28)(H,26,27). The normalized spacial score (nSPS) is 18.1. The first-order chi connectivity index (χ1) is 15.0. The fourth-order valence-corrected chi connectivity index (χ4v) is 3.65. The number of nitrogens with zero attached hydrogens (tertiary/aromatic N) is 1. The number of hydrogen-bond donors (Lipinski definition) is 2. The van der Waals surface area contributed by atoms with E-state index in [1.54, 1.807) is 0 Å². The lowest BCUT2D eigenvalue weighted by Crippen LogP contribution is -2.60. The molecule has 1 fully saturated rings. The predicted octanol–water partition coefficient (Wildman–Crippen LogP) is 3.56. The molecule has 8 nitrogen and oxygen atoms in total. The van der Waals surface area contributed by atoms with Crippen molar-refractivity contribution in [1.29, 1.82) is 0 Å². The summed E-state index contributed by atoms with van der Waals surface area (Å²) in [6.45, 7) is 0.649. The summed E-state index contributed by atoms with van der Waals surface area (Å²) in [6, 6.07) is 18.5. The zero-order chi connectivity index (χ0) is 22.1. The molecule has 0 aromatic heterocycles. The number of carboxylic acid groups (broad SMARTS) is 1. The van der Waals surface area contributed by atoms with E-state index in [0.29, 0.717) is 19.4 Å². The number of alkyl carbamates (subject to hydrolysis) is 1. The molecule has 0 radical (unpaired) electrons. The van der Waals surface area contributed by atoms with E-state index in [-0.39, 0.29) is 26.2 Å². The van der Waals surface area contributed by atoms with E-state index in [1.165, 1.54) is 4.90 Å². The van der Waals surface area contributed by atoms with Gasteiger partial charge in [0.05, 0.1) is 12.0 Å². The first-order valence-corrected chi connectivity index (χ1v) is 10.1. The lowest BCUT2D eigenvalue weighted by Gasteiger charge is -2.41. The second-order valence-electron chi connectivity index (χ2n) is 7.60. The second-order valence-corrected chi connectivity index (χ2v) is 7.60. The Morgan fingerprint density at radius 1 is 0.935 bits per heavy atom. The Balaban J connectivity index is 1.60. The Bertz CT molecular complexity index is 889. The SMILES string of the molecule is O=C(O)CC1(NC(=O)OCc2ccccc2)CCCN(C(=O)OCc2ccccc2)C1. The summed E-state index contributed by atoms with van der Waals surface area (Å²) >= 11 is 0. The van der Waals surface area contributed by atoms with Crippen LogP contribution in [0.1, 0.15) is 30.4 Å². The molecule has 1 atom stereocenters. The Kier molecular flexibility index (Phi) is 7.48. The number of benzene rings is 2. The van der Waals surface area contributed by atoms with Crippen LogP contribution in [0.25, 0.3) is 0 Å². The maximum Gasteiger partial charge on any atom is 0.410 e. The van der Waals surface area contributed by atoms with Crippen molar-refractivity contribution >= 4 is 18.2 Å². The van der Waals surface area contributed by atoms with Gasteiger partial charge in [-0.3, -0.25) is 4.79 Å². The minimum Gasteiger partial charge on any atom is -0.481 e. The molecule has 2 aromatic carbocycles. The lowest BCUT2D eigenvalue weighted by atomic mass is 9.86. The second kappa shape index (κ2) is 10.5. The predicted molar refractivity (Wildman–Crippen MR) is 112 cm³/mol. The van der Waals surface area contributed by atoms with Crippen LogP contribution in [-0.2, 0) is 27.5 Å². The maximum absolute atomic E-state index is 12.6. The molecular formula is C23H26N2O6. The van der Waals surface area contributed by atoms with Gasteiger partial charge in [-0.2, -0.15) is 0 Å². The van der Waals surface area contributed by atoms with Crippen LogP contribution in [0, 0.1) is 0 Å². The van der Waals surface area contributed by atoms with Crippen LogP contribution in [0.2, 0.25) is 0 Å². The minimum absolute atomic E-state index is 0.0351. The van der Waals surface area contributed by atoms with E-state index in [2.05, 4.69) is 5.32 Å². The average molecular weight is 426 g/mol. The summed E-state index contributed by atoms with van der Waals surface area (Å²) in [4.78, 5) is 37.9. The molecule has 0 aliphatic carbocycles. The number of carboxylic acids is 1. The largest absolute Gasteiger partial charge is 0.481 e. The van der Waals surface area contributed by atoms with Crippen LogP contribution in [0.3, 0.4) is 0 Å². The van der Waals surface area contributed by atoms with Gasteiger partial charge in [0.15, 0.2) is 0 Å². The highest BCUT2D eigenvalue weighted by Crippen LogP contribution is 2.26. The van der Waals surface area contributed by atoms with Crippen LogP contribution in [-0.4, -0.2) is 46.8 Å². The molecule has 1 saturated heterocycles. The number of carbonyl (C=O) groups is 3. The molecule has 1 aliphatic heterocycles. The van der Waals surface area contributed by atoms with Gasteiger partial charge >= 0.3 is 18.2 Å². The van der Waals surface area contributed by atoms with Gasteiger partial charge in [0.25, 0.3) is 0 Å². The third-order valence-corrected chi connectivity index (χ3v) is 5.11. The first-order valence-electron chi connectivity index (χ1n) is 10.1. The topological polar surface area (TPSA) is 105 Å². The van der Waals surface area contributed by atoms with Crippen LogP contribution in [0.15, 0.2) is 60.7 Å². The fourth-order valence-electron chi connectivity index (χ4n) is 3.65. The van der Waals surface area contributed by atoms with E-state index in [9.17, 15) is 19.5 Å². The number of hydrogen-bond acceptors (Lipinski definition) is 5. The van der Waals surface area contributed by atoms with Gasteiger partial charge in [-0.15, -0.1) is 0 Å². The maximum atomic E-state index is 12.6. The molecule has 8 heteroatoms. The smallest absolute Gasteiger partial charge is 0.410 e. The van der Waals surface area contributed by atoms with Crippen LogP contribution in [0.5, 0.6) is 0 Å². The van der Waals surface area contributed by atoms with Crippen molar-refractivity contribution in [3.63, 3.8) is 0 Å². The van der Waals surface area contributed by atoms with Crippen LogP contribution in [0.4, 0.5) is 9.59 Å². The van der Waals surface area contributed by atoms with Gasteiger partial charge < -0.3 is 24.8 Å². The molecule has 1 unspecified atom stereocenters. The summed E-state index contributed by atoms with van der Waals surface area (Å²) in [5.74, 6) is -1.07. The molecule has 2 N–H and O–H groups in total. The van der Waals surface area contributed by atoms with Crippen LogP contribution < -0.4 is 5.32 Å². The van der Waals surface area contributed by atoms with Gasteiger partial charge in [-0.1, -0.05) is 60.7 Å². The number of carbonyl (C=O) groups excluding carboxylic acids is 2. The highest BCUT2D eigenvalue weighted by atomic mass is 16.6. The van der Waals surface area contributed by atoms with Crippen molar-refractivity contribution in [2.45, 2.75) is 38.0 Å². The molecule has 164 valence electrons. The minimum atomic E-state index is -1.12. The fraction of sp³-hybridized carbons (Fsp3) is 0.348. The van der Waals surface area contributed by atoms with Gasteiger partial charge in [-0.25, -0.2) is 9.59 Å². The summed E-state index contributed by atoms with van der Waals surface area (Å²) in [6.07, 6.45) is -0.632. The molecule has 2 amide bonds. The molecule has 0 spiro atoms.